The van der Waals surface area contributed by atoms with E-state index >= 15 is 0 Å². The van der Waals surface area contributed by atoms with E-state index in [9.17, 15) is 9.90 Å². The molecule has 0 bridgehead atoms. The second-order valence-corrected chi connectivity index (χ2v) is 5.01. The standard InChI is InChI=1S/C11H8Cl3NO3/c1-4-7(11(16)17)10(15-18-4)8-5(12)2-3-6(13)9(8)14/h2-4,7H,1H3,(H,16,17). The minimum absolute atomic E-state index is 0.173. The lowest BCUT2D eigenvalue weighted by atomic mass is 9.93. The van der Waals surface area contributed by atoms with Crippen LogP contribution in [0.1, 0.15) is 12.5 Å². The molecule has 18 heavy (non-hydrogen) atoms. The lowest BCUT2D eigenvalue weighted by molar-refractivity contribution is -0.141. The monoisotopic (exact) mass is 307 g/mol. The lowest BCUT2D eigenvalue weighted by Crippen LogP contribution is -2.30. The van der Waals surface area contributed by atoms with Crippen molar-refractivity contribution in [3.05, 3.63) is 32.8 Å². The number of hydrogen-bond donors (Lipinski definition) is 1. The third-order valence-corrected chi connectivity index (χ3v) is 3.77. The van der Waals surface area contributed by atoms with Crippen LogP contribution < -0.4 is 0 Å². The van der Waals surface area contributed by atoms with Gasteiger partial charge in [0.15, 0.2) is 0 Å². The summed E-state index contributed by atoms with van der Waals surface area (Å²) in [5, 5.41) is 13.7. The smallest absolute Gasteiger partial charge is 0.316 e. The summed E-state index contributed by atoms with van der Waals surface area (Å²) >= 11 is 18.0. The number of carboxylic acid groups (broad SMARTS) is 1. The van der Waals surface area contributed by atoms with Crippen molar-refractivity contribution in [1.29, 1.82) is 0 Å². The first-order valence-electron chi connectivity index (χ1n) is 5.04. The summed E-state index contributed by atoms with van der Waals surface area (Å²) in [5.41, 5.74) is 0.495. The first kappa shape index (κ1) is 13.5. The molecule has 0 fully saturated rings. The summed E-state index contributed by atoms with van der Waals surface area (Å²) in [6.07, 6.45) is -0.580. The fourth-order valence-corrected chi connectivity index (χ4v) is 2.48. The maximum Gasteiger partial charge on any atom is 0.316 e. The number of rotatable bonds is 2. The number of carboxylic acids is 1. The Labute approximate surface area is 118 Å². The van der Waals surface area contributed by atoms with Gasteiger partial charge in [-0.1, -0.05) is 40.0 Å². The predicted octanol–water partition coefficient (Wildman–Crippen LogP) is 3.47. The number of hydrogen-bond acceptors (Lipinski definition) is 3. The molecule has 1 aliphatic rings. The molecule has 0 saturated heterocycles. The number of oxime groups is 1. The zero-order valence-corrected chi connectivity index (χ0v) is 11.4. The molecule has 0 aliphatic carbocycles. The van der Waals surface area contributed by atoms with Gasteiger partial charge in [0.2, 0.25) is 0 Å². The number of aliphatic carboxylic acids is 1. The molecular weight excluding hydrogens is 300 g/mol. The molecule has 1 heterocycles. The van der Waals surface area contributed by atoms with Gasteiger partial charge in [0.1, 0.15) is 17.7 Å². The minimum Gasteiger partial charge on any atom is -0.481 e. The van der Waals surface area contributed by atoms with E-state index in [-0.39, 0.29) is 20.8 Å². The van der Waals surface area contributed by atoms with Crippen LogP contribution in [0.2, 0.25) is 15.1 Å². The molecule has 1 aromatic carbocycles. The van der Waals surface area contributed by atoms with Crippen LogP contribution in [0.3, 0.4) is 0 Å². The molecule has 1 N–H and O–H groups in total. The molecule has 2 rings (SSSR count). The van der Waals surface area contributed by atoms with Gasteiger partial charge in [-0.25, -0.2) is 0 Å². The maximum atomic E-state index is 11.2. The maximum absolute atomic E-state index is 11.2. The van der Waals surface area contributed by atoms with Crippen LogP contribution >= 0.6 is 34.8 Å². The number of benzene rings is 1. The fraction of sp³-hybridized carbons (Fsp3) is 0.273. The van der Waals surface area contributed by atoms with Gasteiger partial charge in [0.05, 0.1) is 15.1 Å². The van der Waals surface area contributed by atoms with E-state index < -0.39 is 18.0 Å². The molecule has 0 radical (unpaired) electrons. The fourth-order valence-electron chi connectivity index (χ4n) is 1.76. The average molecular weight is 309 g/mol. The summed E-state index contributed by atoms with van der Waals surface area (Å²) < 4.78 is 0. The Morgan fingerprint density at radius 2 is 1.94 bits per heavy atom. The summed E-state index contributed by atoms with van der Waals surface area (Å²) in [7, 11) is 0. The highest BCUT2D eigenvalue weighted by Crippen LogP contribution is 2.36. The van der Waals surface area contributed by atoms with Crippen molar-refractivity contribution >= 4 is 46.5 Å². The van der Waals surface area contributed by atoms with Gasteiger partial charge in [0.25, 0.3) is 0 Å². The molecule has 4 nitrogen and oxygen atoms in total. The number of nitrogens with zero attached hydrogens (tertiary/aromatic N) is 1. The zero-order chi connectivity index (χ0) is 13.4. The van der Waals surface area contributed by atoms with Crippen LogP contribution in [-0.4, -0.2) is 22.9 Å². The molecule has 0 saturated carbocycles. The Hall–Kier alpha value is -0.970. The largest absolute Gasteiger partial charge is 0.481 e. The van der Waals surface area contributed by atoms with Crippen LogP contribution in [0.15, 0.2) is 17.3 Å². The van der Waals surface area contributed by atoms with Gasteiger partial charge in [-0.05, 0) is 19.1 Å². The summed E-state index contributed by atoms with van der Waals surface area (Å²) in [4.78, 5) is 16.2. The van der Waals surface area contributed by atoms with Crippen molar-refractivity contribution in [3.8, 4) is 0 Å². The van der Waals surface area contributed by atoms with E-state index in [0.717, 1.165) is 0 Å². The number of halogens is 3. The van der Waals surface area contributed by atoms with Crippen LogP contribution in [0.4, 0.5) is 0 Å². The van der Waals surface area contributed by atoms with Crippen LogP contribution in [-0.2, 0) is 9.63 Å². The van der Waals surface area contributed by atoms with E-state index in [1.807, 2.05) is 0 Å². The molecule has 0 spiro atoms. The van der Waals surface area contributed by atoms with Gasteiger partial charge in [-0.2, -0.15) is 0 Å². The second kappa shape index (κ2) is 4.96. The highest BCUT2D eigenvalue weighted by Gasteiger charge is 2.39. The Kier molecular flexibility index (Phi) is 3.71. The van der Waals surface area contributed by atoms with Crippen LogP contribution in [0, 0.1) is 5.92 Å². The van der Waals surface area contributed by atoms with Gasteiger partial charge >= 0.3 is 5.97 Å². The third kappa shape index (κ3) is 2.16. The highest BCUT2D eigenvalue weighted by molar-refractivity contribution is 6.47. The predicted molar refractivity (Wildman–Crippen MR) is 69.7 cm³/mol. The van der Waals surface area contributed by atoms with E-state index in [4.69, 9.17) is 39.6 Å². The summed E-state index contributed by atoms with van der Waals surface area (Å²) in [6, 6.07) is 3.07. The lowest BCUT2D eigenvalue weighted by Gasteiger charge is -2.13. The minimum atomic E-state index is -1.05. The molecule has 2 atom stereocenters. The molecule has 1 aliphatic heterocycles. The molecule has 96 valence electrons. The molecule has 7 heteroatoms. The molecule has 0 amide bonds. The van der Waals surface area contributed by atoms with Crippen molar-refractivity contribution in [2.45, 2.75) is 13.0 Å². The van der Waals surface area contributed by atoms with Gasteiger partial charge in [0, 0.05) is 5.56 Å². The normalized spacial score (nSPS) is 22.6. The summed E-state index contributed by atoms with van der Waals surface area (Å²) in [5.74, 6) is -1.97. The highest BCUT2D eigenvalue weighted by atomic mass is 35.5. The molecule has 0 aromatic heterocycles. The van der Waals surface area contributed by atoms with Crippen LogP contribution in [0.5, 0.6) is 0 Å². The first-order valence-corrected chi connectivity index (χ1v) is 6.17. The van der Waals surface area contributed by atoms with Crippen molar-refractivity contribution in [3.63, 3.8) is 0 Å². The Morgan fingerprint density at radius 1 is 1.33 bits per heavy atom. The number of carbonyl (C=O) groups is 1. The van der Waals surface area contributed by atoms with Crippen molar-refractivity contribution < 1.29 is 14.7 Å². The average Bonchev–Trinajstić information content (AvgIpc) is 2.66. The quantitative estimate of drug-likeness (QED) is 0.851. The third-order valence-electron chi connectivity index (χ3n) is 2.65. The molecule has 2 unspecified atom stereocenters. The SMILES string of the molecule is CC1ON=C(c2c(Cl)ccc(Cl)c2Cl)C1C(=O)O. The second-order valence-electron chi connectivity index (χ2n) is 3.82. The summed E-state index contributed by atoms with van der Waals surface area (Å²) in [6.45, 7) is 1.61. The van der Waals surface area contributed by atoms with E-state index in [1.54, 1.807) is 6.92 Å². The van der Waals surface area contributed by atoms with Crippen molar-refractivity contribution in [1.82, 2.24) is 0 Å². The van der Waals surface area contributed by atoms with Gasteiger partial charge < -0.3 is 9.94 Å². The van der Waals surface area contributed by atoms with E-state index in [0.29, 0.717) is 5.56 Å². The van der Waals surface area contributed by atoms with Crippen molar-refractivity contribution in [2.24, 2.45) is 11.1 Å². The Morgan fingerprint density at radius 3 is 2.56 bits per heavy atom. The van der Waals surface area contributed by atoms with E-state index in [1.165, 1.54) is 12.1 Å². The van der Waals surface area contributed by atoms with Crippen LogP contribution in [0.25, 0.3) is 0 Å². The Bertz CT molecular complexity index is 545. The molecule has 1 aromatic rings. The first-order chi connectivity index (χ1) is 8.43. The zero-order valence-electron chi connectivity index (χ0n) is 9.15. The van der Waals surface area contributed by atoms with Crippen molar-refractivity contribution in [2.75, 3.05) is 0 Å². The Balaban J connectivity index is 2.56. The van der Waals surface area contributed by atoms with Gasteiger partial charge in [-0.3, -0.25) is 4.79 Å². The molecular formula is C11H8Cl3NO3. The topological polar surface area (TPSA) is 58.9 Å². The van der Waals surface area contributed by atoms with Gasteiger partial charge in [-0.15, -0.1) is 0 Å². The van der Waals surface area contributed by atoms with E-state index in [2.05, 4.69) is 5.16 Å².